The van der Waals surface area contributed by atoms with E-state index in [0.29, 0.717) is 11.5 Å². The second-order valence-corrected chi connectivity index (χ2v) is 8.77. The van der Waals surface area contributed by atoms with E-state index in [-0.39, 0.29) is 26.4 Å². The molecule has 1 aromatic carbocycles. The average molecular weight is 350 g/mol. The minimum atomic E-state index is -3.47. The van der Waals surface area contributed by atoms with E-state index in [4.69, 9.17) is 9.47 Å². The van der Waals surface area contributed by atoms with Gasteiger partial charge in [0.2, 0.25) is 26.8 Å². The summed E-state index contributed by atoms with van der Waals surface area (Å²) in [5.41, 5.74) is 0.731. The fraction of sp³-hybridized carbons (Fsp3) is 0.500. The van der Waals surface area contributed by atoms with E-state index in [2.05, 4.69) is 4.72 Å². The number of nitrogens with one attached hydrogen (secondary N) is 1. The lowest BCUT2D eigenvalue weighted by Gasteiger charge is -2.20. The third kappa shape index (κ3) is 4.83. The second kappa shape index (κ2) is 6.41. The molecular formula is C12H18N2O6S2. The van der Waals surface area contributed by atoms with Gasteiger partial charge in [0, 0.05) is 19.6 Å². The number of hydrogen-bond donors (Lipinski definition) is 1. The van der Waals surface area contributed by atoms with Gasteiger partial charge in [-0.05, 0) is 17.7 Å². The Morgan fingerprint density at radius 3 is 2.45 bits per heavy atom. The van der Waals surface area contributed by atoms with Crippen molar-refractivity contribution in [2.45, 2.75) is 6.54 Å². The summed E-state index contributed by atoms with van der Waals surface area (Å²) in [6, 6.07) is 5.17. The maximum atomic E-state index is 11.8. The van der Waals surface area contributed by atoms with E-state index in [1.54, 1.807) is 18.2 Å². The molecule has 0 saturated carbocycles. The van der Waals surface area contributed by atoms with Crippen molar-refractivity contribution in [2.75, 3.05) is 32.4 Å². The molecule has 1 aliphatic heterocycles. The Bertz CT molecular complexity index is 745. The highest BCUT2D eigenvalue weighted by Gasteiger charge is 2.19. The molecule has 0 fully saturated rings. The van der Waals surface area contributed by atoms with Crippen molar-refractivity contribution in [1.82, 2.24) is 9.03 Å². The molecule has 1 heterocycles. The standard InChI is InChI=1S/C12H18N2O6S2/c1-21(15,16)13-5-6-14(22(2,17)18)8-10-3-4-11-12(7-10)20-9-19-11/h3-4,7,13H,5-6,8-9H2,1-2H3. The van der Waals surface area contributed by atoms with Crippen LogP contribution in [0.1, 0.15) is 5.56 Å². The van der Waals surface area contributed by atoms with Gasteiger partial charge in [-0.2, -0.15) is 4.31 Å². The van der Waals surface area contributed by atoms with Gasteiger partial charge in [0.25, 0.3) is 0 Å². The quantitative estimate of drug-likeness (QED) is 0.726. The summed E-state index contributed by atoms with van der Waals surface area (Å²) in [4.78, 5) is 0. The van der Waals surface area contributed by atoms with Crippen molar-refractivity contribution in [3.05, 3.63) is 23.8 Å². The van der Waals surface area contributed by atoms with E-state index < -0.39 is 20.0 Å². The molecule has 22 heavy (non-hydrogen) atoms. The molecule has 0 amide bonds. The van der Waals surface area contributed by atoms with Gasteiger partial charge in [-0.1, -0.05) is 6.07 Å². The van der Waals surface area contributed by atoms with E-state index in [1.807, 2.05) is 0 Å². The van der Waals surface area contributed by atoms with Crippen LogP contribution in [0, 0.1) is 0 Å². The highest BCUT2D eigenvalue weighted by molar-refractivity contribution is 7.88. The molecule has 8 nitrogen and oxygen atoms in total. The fourth-order valence-electron chi connectivity index (χ4n) is 1.96. The lowest BCUT2D eigenvalue weighted by Crippen LogP contribution is -2.37. The first kappa shape index (κ1) is 17.0. The first-order valence-corrected chi connectivity index (χ1v) is 10.2. The normalized spacial score (nSPS) is 14.5. The maximum Gasteiger partial charge on any atom is 0.231 e. The molecule has 0 aromatic heterocycles. The van der Waals surface area contributed by atoms with Crippen LogP contribution in [-0.4, -0.2) is 53.5 Å². The lowest BCUT2D eigenvalue weighted by molar-refractivity contribution is 0.174. The van der Waals surface area contributed by atoms with Crippen LogP contribution in [0.15, 0.2) is 18.2 Å². The Balaban J connectivity index is 2.07. The largest absolute Gasteiger partial charge is 0.454 e. The number of rotatable bonds is 7. The Labute approximate surface area is 130 Å². The molecule has 0 spiro atoms. The van der Waals surface area contributed by atoms with Gasteiger partial charge in [0.05, 0.1) is 12.5 Å². The minimum absolute atomic E-state index is 0.0104. The zero-order valence-corrected chi connectivity index (χ0v) is 13.9. The molecular weight excluding hydrogens is 332 g/mol. The topological polar surface area (TPSA) is 102 Å². The van der Waals surface area contributed by atoms with Crippen molar-refractivity contribution < 1.29 is 26.3 Å². The van der Waals surface area contributed by atoms with E-state index >= 15 is 0 Å². The zero-order valence-electron chi connectivity index (χ0n) is 12.3. The zero-order chi connectivity index (χ0) is 16.4. The first-order chi connectivity index (χ1) is 10.1. The maximum absolute atomic E-state index is 11.8. The molecule has 0 atom stereocenters. The summed E-state index contributed by atoms with van der Waals surface area (Å²) in [6.07, 6.45) is 2.11. The minimum Gasteiger partial charge on any atom is -0.454 e. The molecule has 0 radical (unpaired) electrons. The number of benzene rings is 1. The molecule has 2 rings (SSSR count). The van der Waals surface area contributed by atoms with Crippen molar-refractivity contribution >= 4 is 20.0 Å². The average Bonchev–Trinajstić information content (AvgIpc) is 2.82. The fourth-order valence-corrected chi connectivity index (χ4v) is 3.23. The van der Waals surface area contributed by atoms with Crippen LogP contribution in [0.2, 0.25) is 0 Å². The van der Waals surface area contributed by atoms with Crippen molar-refractivity contribution in [3.8, 4) is 11.5 Å². The SMILES string of the molecule is CS(=O)(=O)NCCN(Cc1ccc2c(c1)OCO2)S(C)(=O)=O. The second-order valence-electron chi connectivity index (χ2n) is 4.95. The van der Waals surface area contributed by atoms with Gasteiger partial charge in [0.1, 0.15) is 0 Å². The Morgan fingerprint density at radius 2 is 1.82 bits per heavy atom. The molecule has 0 aliphatic carbocycles. The Hall–Kier alpha value is -1.36. The molecule has 10 heteroatoms. The van der Waals surface area contributed by atoms with Crippen LogP contribution in [0.4, 0.5) is 0 Å². The van der Waals surface area contributed by atoms with Crippen LogP contribution >= 0.6 is 0 Å². The van der Waals surface area contributed by atoms with Gasteiger partial charge in [-0.3, -0.25) is 0 Å². The van der Waals surface area contributed by atoms with Crippen LogP contribution in [0.25, 0.3) is 0 Å². The number of hydrogen-bond acceptors (Lipinski definition) is 6. The molecule has 124 valence electrons. The van der Waals surface area contributed by atoms with E-state index in [0.717, 1.165) is 18.1 Å². The smallest absolute Gasteiger partial charge is 0.231 e. The van der Waals surface area contributed by atoms with Crippen LogP contribution in [-0.2, 0) is 26.6 Å². The molecule has 0 bridgehead atoms. The van der Waals surface area contributed by atoms with Crippen molar-refractivity contribution in [2.24, 2.45) is 0 Å². The van der Waals surface area contributed by atoms with Gasteiger partial charge >= 0.3 is 0 Å². The first-order valence-electron chi connectivity index (χ1n) is 6.43. The van der Waals surface area contributed by atoms with E-state index in [1.165, 1.54) is 4.31 Å². The Kier molecular flexibility index (Phi) is 4.95. The van der Waals surface area contributed by atoms with Crippen LogP contribution in [0.3, 0.4) is 0 Å². The highest BCUT2D eigenvalue weighted by atomic mass is 32.2. The number of ether oxygens (including phenoxy) is 2. The third-order valence-corrected chi connectivity index (χ3v) is 4.97. The van der Waals surface area contributed by atoms with Gasteiger partial charge in [0.15, 0.2) is 11.5 Å². The van der Waals surface area contributed by atoms with Crippen LogP contribution in [0.5, 0.6) is 11.5 Å². The van der Waals surface area contributed by atoms with Gasteiger partial charge < -0.3 is 9.47 Å². The van der Waals surface area contributed by atoms with Gasteiger partial charge in [-0.25, -0.2) is 21.6 Å². The molecule has 1 N–H and O–H groups in total. The van der Waals surface area contributed by atoms with Crippen molar-refractivity contribution in [3.63, 3.8) is 0 Å². The summed E-state index contributed by atoms with van der Waals surface area (Å²) in [5.74, 6) is 1.19. The molecule has 0 saturated heterocycles. The van der Waals surface area contributed by atoms with Gasteiger partial charge in [-0.15, -0.1) is 0 Å². The van der Waals surface area contributed by atoms with E-state index in [9.17, 15) is 16.8 Å². The Morgan fingerprint density at radius 1 is 1.14 bits per heavy atom. The molecule has 1 aromatic rings. The number of sulfonamides is 2. The van der Waals surface area contributed by atoms with Crippen LogP contribution < -0.4 is 14.2 Å². The molecule has 1 aliphatic rings. The lowest BCUT2D eigenvalue weighted by atomic mass is 10.2. The summed E-state index contributed by atoms with van der Waals surface area (Å²) < 4.78 is 59.6. The summed E-state index contributed by atoms with van der Waals surface area (Å²) in [6.45, 7) is 0.324. The predicted octanol–water partition coefficient (Wildman–Crippen LogP) is -0.274. The third-order valence-electron chi connectivity index (χ3n) is 2.99. The number of nitrogens with zero attached hydrogens (tertiary/aromatic N) is 1. The molecule has 0 unspecified atom stereocenters. The summed E-state index contributed by atoms with van der Waals surface area (Å²) in [5, 5.41) is 0. The monoisotopic (exact) mass is 350 g/mol. The number of fused-ring (bicyclic) bond motifs is 1. The predicted molar refractivity (Wildman–Crippen MR) is 80.7 cm³/mol. The summed E-state index contributed by atoms with van der Waals surface area (Å²) >= 11 is 0. The summed E-state index contributed by atoms with van der Waals surface area (Å²) in [7, 11) is -6.82. The highest BCUT2D eigenvalue weighted by Crippen LogP contribution is 2.32. The van der Waals surface area contributed by atoms with Crippen molar-refractivity contribution in [1.29, 1.82) is 0 Å².